The number of piperidine rings is 1. The van der Waals surface area contributed by atoms with E-state index in [-0.39, 0.29) is 0 Å². The topological polar surface area (TPSA) is 73.5 Å². The molecule has 0 aromatic carbocycles. The summed E-state index contributed by atoms with van der Waals surface area (Å²) in [5.74, 6) is 1.66. The monoisotopic (exact) mass is 278 g/mol. The van der Waals surface area contributed by atoms with Crippen molar-refractivity contribution >= 4 is 11.8 Å². The van der Waals surface area contributed by atoms with Crippen LogP contribution in [-0.2, 0) is 9.47 Å². The van der Waals surface area contributed by atoms with Gasteiger partial charge in [0.15, 0.2) is 0 Å². The minimum Gasteiger partial charge on any atom is -0.381 e. The van der Waals surface area contributed by atoms with E-state index in [1.165, 1.54) is 0 Å². The number of ether oxygens (including phenoxy) is 2. The fourth-order valence-corrected chi connectivity index (χ4v) is 2.93. The van der Waals surface area contributed by atoms with Gasteiger partial charge in [0.2, 0.25) is 5.95 Å². The Hall–Kier alpha value is -1.40. The lowest BCUT2D eigenvalue weighted by atomic mass is 10.0. The van der Waals surface area contributed by atoms with E-state index in [0.717, 1.165) is 57.1 Å². The smallest absolute Gasteiger partial charge is 0.222 e. The molecule has 0 saturated carbocycles. The summed E-state index contributed by atoms with van der Waals surface area (Å²) in [6.45, 7) is 3.45. The molecule has 6 nitrogen and oxygen atoms in total. The van der Waals surface area contributed by atoms with E-state index in [4.69, 9.17) is 15.2 Å². The van der Waals surface area contributed by atoms with Gasteiger partial charge in [-0.3, -0.25) is 0 Å². The van der Waals surface area contributed by atoms with Crippen molar-refractivity contribution in [3.63, 3.8) is 0 Å². The fraction of sp³-hybridized carbons (Fsp3) is 0.714. The van der Waals surface area contributed by atoms with E-state index >= 15 is 0 Å². The van der Waals surface area contributed by atoms with Crippen molar-refractivity contribution in [2.24, 2.45) is 0 Å². The van der Waals surface area contributed by atoms with E-state index in [9.17, 15) is 0 Å². The third-order valence-electron chi connectivity index (χ3n) is 4.20. The molecule has 0 aliphatic carbocycles. The molecule has 1 aromatic heterocycles. The molecule has 1 aromatic rings. The zero-order valence-corrected chi connectivity index (χ0v) is 11.9. The van der Waals surface area contributed by atoms with Crippen LogP contribution >= 0.6 is 0 Å². The van der Waals surface area contributed by atoms with Crippen molar-refractivity contribution in [1.82, 2.24) is 9.97 Å². The number of nitrogens with two attached hydrogens (primary N) is 1. The number of methoxy groups -OCH3 is 1. The van der Waals surface area contributed by atoms with Crippen molar-refractivity contribution < 1.29 is 9.47 Å². The summed E-state index contributed by atoms with van der Waals surface area (Å²) in [4.78, 5) is 11.0. The summed E-state index contributed by atoms with van der Waals surface area (Å²) in [7, 11) is 1.78. The van der Waals surface area contributed by atoms with Crippen molar-refractivity contribution in [3.05, 3.63) is 11.8 Å². The van der Waals surface area contributed by atoms with Crippen molar-refractivity contribution in [3.8, 4) is 0 Å². The zero-order valence-electron chi connectivity index (χ0n) is 11.9. The molecule has 2 aliphatic rings. The third kappa shape index (κ3) is 2.86. The maximum absolute atomic E-state index is 5.87. The standard InChI is InChI=1S/C14H22N4O2/c1-19-11-2-5-18(6-3-11)13-8-12(16-14(15)17-13)10-4-7-20-9-10/h8,10-11H,2-7,9H2,1H3,(H2,15,16,17)/t10-/m1/s1. The first-order valence-electron chi connectivity index (χ1n) is 7.26. The summed E-state index contributed by atoms with van der Waals surface area (Å²) >= 11 is 0. The molecule has 2 fully saturated rings. The molecule has 20 heavy (non-hydrogen) atoms. The third-order valence-corrected chi connectivity index (χ3v) is 4.20. The minimum absolute atomic E-state index is 0.357. The van der Waals surface area contributed by atoms with E-state index in [1.54, 1.807) is 7.11 Å². The number of hydrogen-bond donors (Lipinski definition) is 1. The van der Waals surface area contributed by atoms with Gasteiger partial charge in [0.25, 0.3) is 0 Å². The van der Waals surface area contributed by atoms with Crippen molar-refractivity contribution in [1.29, 1.82) is 0 Å². The van der Waals surface area contributed by atoms with Gasteiger partial charge in [0, 0.05) is 38.8 Å². The second-order valence-corrected chi connectivity index (χ2v) is 5.49. The Morgan fingerprint density at radius 3 is 2.75 bits per heavy atom. The molecule has 0 unspecified atom stereocenters. The average molecular weight is 278 g/mol. The van der Waals surface area contributed by atoms with Gasteiger partial charge < -0.3 is 20.1 Å². The quantitative estimate of drug-likeness (QED) is 0.895. The van der Waals surface area contributed by atoms with Gasteiger partial charge in [-0.1, -0.05) is 0 Å². The van der Waals surface area contributed by atoms with Crippen LogP contribution in [0.5, 0.6) is 0 Å². The van der Waals surface area contributed by atoms with Gasteiger partial charge in [0.1, 0.15) is 5.82 Å². The Balaban J connectivity index is 1.76. The fourth-order valence-electron chi connectivity index (χ4n) is 2.93. The lowest BCUT2D eigenvalue weighted by Crippen LogP contribution is -2.37. The van der Waals surface area contributed by atoms with Crippen LogP contribution in [0, 0.1) is 0 Å². The summed E-state index contributed by atoms with van der Waals surface area (Å²) in [5, 5.41) is 0. The molecule has 0 bridgehead atoms. The first-order chi connectivity index (χ1) is 9.76. The first kappa shape index (κ1) is 13.6. The van der Waals surface area contributed by atoms with Gasteiger partial charge in [-0.05, 0) is 19.3 Å². The highest BCUT2D eigenvalue weighted by Crippen LogP contribution is 2.28. The van der Waals surface area contributed by atoms with Crippen LogP contribution in [0.1, 0.15) is 30.9 Å². The molecule has 2 saturated heterocycles. The lowest BCUT2D eigenvalue weighted by molar-refractivity contribution is 0.0818. The van der Waals surface area contributed by atoms with E-state index in [2.05, 4.69) is 20.9 Å². The van der Waals surface area contributed by atoms with E-state index in [0.29, 0.717) is 18.0 Å². The maximum atomic E-state index is 5.87. The maximum Gasteiger partial charge on any atom is 0.222 e. The molecule has 0 spiro atoms. The van der Waals surface area contributed by atoms with Crippen LogP contribution in [0.25, 0.3) is 0 Å². The summed E-state index contributed by atoms with van der Waals surface area (Å²) in [6.07, 6.45) is 3.44. The lowest BCUT2D eigenvalue weighted by Gasteiger charge is -2.32. The van der Waals surface area contributed by atoms with Crippen LogP contribution in [-0.4, -0.2) is 49.5 Å². The van der Waals surface area contributed by atoms with Crippen molar-refractivity contribution in [2.45, 2.75) is 31.3 Å². The molecule has 3 heterocycles. The summed E-state index contributed by atoms with van der Waals surface area (Å²) < 4.78 is 10.8. The predicted molar refractivity (Wildman–Crippen MR) is 76.9 cm³/mol. The second-order valence-electron chi connectivity index (χ2n) is 5.49. The predicted octanol–water partition coefficient (Wildman–Crippen LogP) is 1.18. The number of rotatable bonds is 3. The summed E-state index contributed by atoms with van der Waals surface area (Å²) in [5.41, 5.74) is 6.89. The second kappa shape index (κ2) is 5.93. The Labute approximate surface area is 119 Å². The molecule has 110 valence electrons. The number of nitrogen functional groups attached to an aromatic ring is 1. The Morgan fingerprint density at radius 1 is 1.30 bits per heavy atom. The molecular formula is C14H22N4O2. The van der Waals surface area contributed by atoms with Crippen LogP contribution < -0.4 is 10.6 Å². The number of aromatic nitrogens is 2. The first-order valence-corrected chi connectivity index (χ1v) is 7.26. The minimum atomic E-state index is 0.357. The van der Waals surface area contributed by atoms with Crippen molar-refractivity contribution in [2.75, 3.05) is 44.0 Å². The normalized spacial score (nSPS) is 24.2. The van der Waals surface area contributed by atoms with E-state index < -0.39 is 0 Å². The summed E-state index contributed by atoms with van der Waals surface area (Å²) in [6, 6.07) is 2.07. The van der Waals surface area contributed by atoms with Crippen LogP contribution in [0.15, 0.2) is 6.07 Å². The van der Waals surface area contributed by atoms with Crippen LogP contribution in [0.3, 0.4) is 0 Å². The molecule has 6 heteroatoms. The molecule has 2 aliphatic heterocycles. The van der Waals surface area contributed by atoms with Gasteiger partial charge in [-0.2, -0.15) is 4.98 Å². The molecule has 0 amide bonds. The zero-order chi connectivity index (χ0) is 13.9. The van der Waals surface area contributed by atoms with Gasteiger partial charge in [-0.25, -0.2) is 4.98 Å². The molecule has 2 N–H and O–H groups in total. The molecule has 1 atom stereocenters. The highest BCUT2D eigenvalue weighted by atomic mass is 16.5. The van der Waals surface area contributed by atoms with Gasteiger partial charge >= 0.3 is 0 Å². The number of hydrogen-bond acceptors (Lipinski definition) is 6. The number of nitrogens with zero attached hydrogens (tertiary/aromatic N) is 3. The van der Waals surface area contributed by atoms with E-state index in [1.807, 2.05) is 0 Å². The molecular weight excluding hydrogens is 256 g/mol. The highest BCUT2D eigenvalue weighted by molar-refractivity contribution is 5.44. The highest BCUT2D eigenvalue weighted by Gasteiger charge is 2.24. The van der Waals surface area contributed by atoms with Gasteiger partial charge in [-0.15, -0.1) is 0 Å². The average Bonchev–Trinajstić information content (AvgIpc) is 3.01. The Kier molecular flexibility index (Phi) is 4.03. The van der Waals surface area contributed by atoms with Crippen LogP contribution in [0.2, 0.25) is 0 Å². The molecule has 3 rings (SSSR count). The SMILES string of the molecule is COC1CCN(c2cc([C@@H]3CCOC3)nc(N)n2)CC1. The van der Waals surface area contributed by atoms with Crippen LogP contribution in [0.4, 0.5) is 11.8 Å². The van der Waals surface area contributed by atoms with Gasteiger partial charge in [0.05, 0.1) is 18.4 Å². The number of anilines is 2. The largest absolute Gasteiger partial charge is 0.381 e. The Morgan fingerprint density at radius 2 is 2.10 bits per heavy atom. The Bertz CT molecular complexity index is 454. The molecule has 0 radical (unpaired) electrons.